The molecule has 144 valence electrons. The van der Waals surface area contributed by atoms with Crippen LogP contribution in [0.4, 0.5) is 13.2 Å². The summed E-state index contributed by atoms with van der Waals surface area (Å²) in [5.74, 6) is 1.37. The Hall–Kier alpha value is -0.930. The van der Waals surface area contributed by atoms with Gasteiger partial charge in [0.2, 0.25) is 0 Å². The van der Waals surface area contributed by atoms with E-state index in [0.29, 0.717) is 36.5 Å². The van der Waals surface area contributed by atoms with Gasteiger partial charge < -0.3 is 4.74 Å². The van der Waals surface area contributed by atoms with E-state index in [1.807, 2.05) is 6.92 Å². The quantitative estimate of drug-likeness (QED) is 0.610. The number of halogens is 3. The number of unbranched alkanes of at least 4 members (excludes halogenated alkanes) is 1. The molecule has 9 heteroatoms. The third-order valence-electron chi connectivity index (χ3n) is 4.31. The second-order valence-electron chi connectivity index (χ2n) is 6.00. The molecule has 25 heavy (non-hydrogen) atoms. The van der Waals surface area contributed by atoms with Crippen molar-refractivity contribution in [1.29, 1.82) is 0 Å². The Morgan fingerprint density at radius 3 is 2.40 bits per heavy atom. The molecule has 0 saturated carbocycles. The molecule has 1 heterocycles. The van der Waals surface area contributed by atoms with E-state index in [9.17, 15) is 21.6 Å². The lowest BCUT2D eigenvalue weighted by Gasteiger charge is -2.40. The number of hydrogen-bond donors (Lipinski definition) is 0. The molecule has 1 fully saturated rings. The van der Waals surface area contributed by atoms with Gasteiger partial charge >= 0.3 is 15.6 Å². The fourth-order valence-electron chi connectivity index (χ4n) is 3.07. The normalized spacial score (nSPS) is 27.0. The molecular formula is C16H23F3O4S2. The molecule has 4 nitrogen and oxygen atoms in total. The van der Waals surface area contributed by atoms with Gasteiger partial charge in [-0.25, -0.2) is 3.63 Å². The Morgan fingerprint density at radius 1 is 1.24 bits per heavy atom. The highest BCUT2D eigenvalue weighted by Crippen LogP contribution is 2.69. The lowest BCUT2D eigenvalue weighted by molar-refractivity contribution is -0.0496. The van der Waals surface area contributed by atoms with Crippen LogP contribution in [0.1, 0.15) is 43.4 Å². The third-order valence-corrected chi connectivity index (χ3v) is 10.2. The van der Waals surface area contributed by atoms with Gasteiger partial charge in [-0.05, 0) is 37.0 Å². The van der Waals surface area contributed by atoms with Gasteiger partial charge in [0, 0.05) is 16.8 Å². The minimum Gasteiger partial charge on any atom is -0.497 e. The second-order valence-corrected chi connectivity index (χ2v) is 11.0. The second kappa shape index (κ2) is 7.75. The van der Waals surface area contributed by atoms with Gasteiger partial charge in [-0.1, -0.05) is 25.5 Å². The van der Waals surface area contributed by atoms with Crippen molar-refractivity contribution in [2.75, 3.05) is 18.6 Å². The summed E-state index contributed by atoms with van der Waals surface area (Å²) >= 11 is 0. The van der Waals surface area contributed by atoms with Crippen LogP contribution < -0.4 is 4.74 Å². The maximum atomic E-state index is 12.9. The van der Waals surface area contributed by atoms with Gasteiger partial charge in [-0.15, -0.1) is 10.3 Å². The topological polar surface area (TPSA) is 52.6 Å². The Bertz CT molecular complexity index is 674. The fourth-order valence-corrected chi connectivity index (χ4v) is 9.18. The van der Waals surface area contributed by atoms with Crippen molar-refractivity contribution in [3.63, 3.8) is 0 Å². The Morgan fingerprint density at radius 2 is 1.88 bits per heavy atom. The van der Waals surface area contributed by atoms with E-state index in [1.165, 1.54) is 7.11 Å². The van der Waals surface area contributed by atoms with Crippen LogP contribution in [0.25, 0.3) is 0 Å². The molecular weight excluding hydrogens is 377 g/mol. The summed E-state index contributed by atoms with van der Waals surface area (Å²) in [6.07, 6.45) is 2.68. The predicted molar refractivity (Wildman–Crippen MR) is 93.3 cm³/mol. The van der Waals surface area contributed by atoms with E-state index in [2.05, 4.69) is 0 Å². The number of benzene rings is 1. The van der Waals surface area contributed by atoms with E-state index in [0.717, 1.165) is 12.0 Å². The van der Waals surface area contributed by atoms with Gasteiger partial charge in [0.25, 0.3) is 0 Å². The van der Waals surface area contributed by atoms with Crippen LogP contribution in [0.2, 0.25) is 0 Å². The molecule has 0 bridgehead atoms. The summed E-state index contributed by atoms with van der Waals surface area (Å²) in [5.41, 5.74) is -4.59. The number of methoxy groups -OCH3 is 1. The minimum atomic E-state index is -5.61. The molecule has 0 radical (unpaired) electrons. The van der Waals surface area contributed by atoms with Gasteiger partial charge in [0.05, 0.1) is 7.11 Å². The van der Waals surface area contributed by atoms with Crippen molar-refractivity contribution in [3.05, 3.63) is 29.8 Å². The zero-order chi connectivity index (χ0) is 18.7. The molecule has 2 rings (SSSR count). The largest absolute Gasteiger partial charge is 0.523 e. The van der Waals surface area contributed by atoms with Crippen LogP contribution in [0.3, 0.4) is 0 Å². The summed E-state index contributed by atoms with van der Waals surface area (Å²) in [6.45, 7) is 1.92. The third kappa shape index (κ3) is 4.43. The summed E-state index contributed by atoms with van der Waals surface area (Å²) in [7, 11) is -6.51. The van der Waals surface area contributed by atoms with Gasteiger partial charge in [-0.3, -0.25) is 0 Å². The molecule has 1 aliphatic heterocycles. The lowest BCUT2D eigenvalue weighted by atomic mass is 10.1. The van der Waals surface area contributed by atoms with Crippen molar-refractivity contribution in [3.8, 4) is 5.75 Å². The molecule has 2 unspecified atom stereocenters. The van der Waals surface area contributed by atoms with Crippen LogP contribution in [0, 0.1) is 0 Å². The van der Waals surface area contributed by atoms with Gasteiger partial charge in [0.15, 0.2) is 0 Å². The highest BCUT2D eigenvalue weighted by atomic mass is 32.3. The summed E-state index contributed by atoms with van der Waals surface area (Å²) in [4.78, 5) is 0. The molecule has 0 N–H and O–H groups in total. The fraction of sp³-hybridized carbons (Fsp3) is 0.625. The molecule has 1 aromatic rings. The van der Waals surface area contributed by atoms with Crippen LogP contribution in [0.5, 0.6) is 5.75 Å². The SMILES string of the molecule is CCCCS1(OS(=O)(=O)C(F)(F)F)CCCC1c1ccc(OC)cc1. The summed E-state index contributed by atoms with van der Waals surface area (Å²) < 4.78 is 72.2. The van der Waals surface area contributed by atoms with E-state index in [1.54, 1.807) is 24.3 Å². The Balaban J connectivity index is 2.39. The van der Waals surface area contributed by atoms with Crippen molar-refractivity contribution in [2.45, 2.75) is 43.4 Å². The zero-order valence-electron chi connectivity index (χ0n) is 14.2. The Labute approximate surface area is 148 Å². The minimum absolute atomic E-state index is 0.318. The standard InChI is InChI=1S/C16H23F3O4S2/c1-3-4-11-24(23-25(20,21)16(17,18)19)12-5-6-15(24)13-7-9-14(22-2)10-8-13/h7-10,15H,3-6,11-12H2,1-2H3. The molecule has 1 aromatic carbocycles. The predicted octanol–water partition coefficient (Wildman–Crippen LogP) is 4.92. The molecule has 1 saturated heterocycles. The van der Waals surface area contributed by atoms with Crippen molar-refractivity contribution in [1.82, 2.24) is 0 Å². The molecule has 0 amide bonds. The van der Waals surface area contributed by atoms with Crippen LogP contribution >= 0.6 is 10.3 Å². The van der Waals surface area contributed by atoms with E-state index in [-0.39, 0.29) is 5.25 Å². The number of rotatable bonds is 7. The first kappa shape index (κ1) is 20.4. The zero-order valence-corrected chi connectivity index (χ0v) is 15.8. The summed E-state index contributed by atoms with van der Waals surface area (Å²) in [5, 5.41) is -0.318. The van der Waals surface area contributed by atoms with E-state index >= 15 is 0 Å². The smallest absolute Gasteiger partial charge is 0.497 e. The van der Waals surface area contributed by atoms with E-state index < -0.39 is 25.9 Å². The highest BCUT2D eigenvalue weighted by Gasteiger charge is 2.53. The number of hydrogen-bond acceptors (Lipinski definition) is 4. The van der Waals surface area contributed by atoms with Crippen LogP contribution in [0.15, 0.2) is 24.3 Å². The molecule has 2 atom stereocenters. The van der Waals surface area contributed by atoms with Crippen molar-refractivity contribution in [2.24, 2.45) is 0 Å². The highest BCUT2D eigenvalue weighted by molar-refractivity contribution is 8.33. The number of alkyl halides is 3. The van der Waals surface area contributed by atoms with Crippen molar-refractivity contribution >= 4 is 20.4 Å². The van der Waals surface area contributed by atoms with Crippen LogP contribution in [-0.4, -0.2) is 32.5 Å². The maximum absolute atomic E-state index is 12.9. The first-order chi connectivity index (χ1) is 11.6. The number of ether oxygens (including phenoxy) is 1. The monoisotopic (exact) mass is 400 g/mol. The maximum Gasteiger partial charge on any atom is 0.523 e. The van der Waals surface area contributed by atoms with E-state index in [4.69, 9.17) is 8.37 Å². The summed E-state index contributed by atoms with van der Waals surface area (Å²) in [6, 6.07) is 7.03. The average Bonchev–Trinajstić information content (AvgIpc) is 2.95. The van der Waals surface area contributed by atoms with Crippen LogP contribution in [-0.2, 0) is 13.7 Å². The molecule has 0 aromatic heterocycles. The first-order valence-electron chi connectivity index (χ1n) is 8.09. The van der Waals surface area contributed by atoms with Gasteiger partial charge in [-0.2, -0.15) is 21.6 Å². The molecule has 1 aliphatic rings. The molecule has 0 spiro atoms. The Kier molecular flexibility index (Phi) is 6.32. The molecule has 0 aliphatic carbocycles. The average molecular weight is 400 g/mol. The first-order valence-corrected chi connectivity index (χ1v) is 11.5. The lowest BCUT2D eigenvalue weighted by Crippen LogP contribution is -2.29. The van der Waals surface area contributed by atoms with Gasteiger partial charge in [0.1, 0.15) is 5.75 Å². The van der Waals surface area contributed by atoms with Crippen molar-refractivity contribution < 1.29 is 30.0 Å².